The summed E-state index contributed by atoms with van der Waals surface area (Å²) in [6.07, 6.45) is 4.05. The Hall–Kier alpha value is -1.30. The molecule has 0 aromatic carbocycles. The van der Waals surface area contributed by atoms with E-state index in [9.17, 15) is 9.59 Å². The standard InChI is InChI=1S/C9H16N2O4/c12-5-7(8(13)14)11-9(15)10-6-3-1-2-4-6/h6-7,12H,1-5H2,(H,13,14)(H2,10,11,15)/t7-/m0/s1. The van der Waals surface area contributed by atoms with Gasteiger partial charge in [0.15, 0.2) is 6.04 Å². The van der Waals surface area contributed by atoms with E-state index >= 15 is 0 Å². The molecule has 0 aromatic heterocycles. The number of carboxylic acids is 1. The smallest absolute Gasteiger partial charge is 0.328 e. The van der Waals surface area contributed by atoms with Gasteiger partial charge < -0.3 is 20.8 Å². The molecule has 86 valence electrons. The number of rotatable bonds is 4. The number of aliphatic hydroxyl groups is 1. The fraction of sp³-hybridized carbons (Fsp3) is 0.778. The van der Waals surface area contributed by atoms with Crippen molar-refractivity contribution < 1.29 is 19.8 Å². The van der Waals surface area contributed by atoms with Gasteiger partial charge in [0.1, 0.15) is 0 Å². The van der Waals surface area contributed by atoms with E-state index in [2.05, 4.69) is 10.6 Å². The van der Waals surface area contributed by atoms with Gasteiger partial charge in [-0.1, -0.05) is 12.8 Å². The van der Waals surface area contributed by atoms with E-state index in [1.165, 1.54) is 0 Å². The molecule has 0 aliphatic heterocycles. The lowest BCUT2D eigenvalue weighted by Crippen LogP contribution is -2.49. The Morgan fingerprint density at radius 3 is 2.40 bits per heavy atom. The van der Waals surface area contributed by atoms with Gasteiger partial charge in [0, 0.05) is 6.04 Å². The third-order valence-electron chi connectivity index (χ3n) is 2.48. The molecule has 0 unspecified atom stereocenters. The van der Waals surface area contributed by atoms with Gasteiger partial charge in [-0.2, -0.15) is 0 Å². The molecule has 6 nitrogen and oxygen atoms in total. The molecular formula is C9H16N2O4. The maximum atomic E-state index is 11.3. The van der Waals surface area contributed by atoms with Gasteiger partial charge >= 0.3 is 12.0 Å². The van der Waals surface area contributed by atoms with Crippen LogP contribution in [-0.2, 0) is 4.79 Å². The number of hydrogen-bond donors (Lipinski definition) is 4. The second kappa shape index (κ2) is 5.55. The third kappa shape index (κ3) is 3.75. The van der Waals surface area contributed by atoms with Crippen molar-refractivity contribution in [2.45, 2.75) is 37.8 Å². The zero-order chi connectivity index (χ0) is 11.3. The molecular weight excluding hydrogens is 200 g/mol. The fourth-order valence-electron chi connectivity index (χ4n) is 1.64. The van der Waals surface area contributed by atoms with Crippen LogP contribution in [0.1, 0.15) is 25.7 Å². The molecule has 0 saturated heterocycles. The molecule has 1 rings (SSSR count). The van der Waals surface area contributed by atoms with Crippen molar-refractivity contribution >= 4 is 12.0 Å². The molecule has 4 N–H and O–H groups in total. The number of urea groups is 1. The van der Waals surface area contributed by atoms with Crippen LogP contribution >= 0.6 is 0 Å². The first-order valence-corrected chi connectivity index (χ1v) is 5.04. The molecule has 1 fully saturated rings. The number of carbonyl (C=O) groups is 2. The largest absolute Gasteiger partial charge is 0.480 e. The Morgan fingerprint density at radius 1 is 1.33 bits per heavy atom. The Morgan fingerprint density at radius 2 is 1.93 bits per heavy atom. The summed E-state index contributed by atoms with van der Waals surface area (Å²) in [4.78, 5) is 21.8. The maximum Gasteiger partial charge on any atom is 0.328 e. The van der Waals surface area contributed by atoms with Gasteiger partial charge in [0.25, 0.3) is 0 Å². The van der Waals surface area contributed by atoms with E-state index in [-0.39, 0.29) is 6.04 Å². The highest BCUT2D eigenvalue weighted by Crippen LogP contribution is 2.17. The third-order valence-corrected chi connectivity index (χ3v) is 2.48. The van der Waals surface area contributed by atoms with Crippen LogP contribution in [-0.4, -0.2) is 40.9 Å². The van der Waals surface area contributed by atoms with Gasteiger partial charge in [-0.25, -0.2) is 9.59 Å². The quantitative estimate of drug-likeness (QED) is 0.517. The van der Waals surface area contributed by atoms with Gasteiger partial charge in [-0.05, 0) is 12.8 Å². The van der Waals surface area contributed by atoms with Crippen LogP contribution in [0.3, 0.4) is 0 Å². The number of carboxylic acid groups (broad SMARTS) is 1. The lowest BCUT2D eigenvalue weighted by Gasteiger charge is -2.16. The molecule has 1 atom stereocenters. The van der Waals surface area contributed by atoms with Crippen LogP contribution in [0.2, 0.25) is 0 Å². The molecule has 1 aliphatic rings. The SMILES string of the molecule is O=C(NC1CCCC1)N[C@@H](CO)C(=O)O. The highest BCUT2D eigenvalue weighted by Gasteiger charge is 2.21. The van der Waals surface area contributed by atoms with E-state index in [1.54, 1.807) is 0 Å². The molecule has 0 bridgehead atoms. The van der Waals surface area contributed by atoms with E-state index < -0.39 is 24.6 Å². The molecule has 15 heavy (non-hydrogen) atoms. The number of aliphatic hydroxyl groups excluding tert-OH is 1. The summed E-state index contributed by atoms with van der Waals surface area (Å²) in [6.45, 7) is -0.604. The predicted molar refractivity (Wildman–Crippen MR) is 52.4 cm³/mol. The Balaban J connectivity index is 2.30. The first-order chi connectivity index (χ1) is 7.13. The second-order valence-corrected chi connectivity index (χ2v) is 3.67. The molecule has 0 spiro atoms. The van der Waals surface area contributed by atoms with Crippen molar-refractivity contribution in [1.82, 2.24) is 10.6 Å². The molecule has 0 radical (unpaired) electrons. The summed E-state index contributed by atoms with van der Waals surface area (Å²) in [7, 11) is 0. The van der Waals surface area contributed by atoms with Crippen molar-refractivity contribution in [3.8, 4) is 0 Å². The van der Waals surface area contributed by atoms with Gasteiger partial charge in [-0.3, -0.25) is 0 Å². The monoisotopic (exact) mass is 216 g/mol. The molecule has 2 amide bonds. The van der Waals surface area contributed by atoms with Crippen molar-refractivity contribution in [2.75, 3.05) is 6.61 Å². The number of amides is 2. The Labute approximate surface area is 87.7 Å². The van der Waals surface area contributed by atoms with Crippen molar-refractivity contribution in [3.63, 3.8) is 0 Å². The number of aliphatic carboxylic acids is 1. The van der Waals surface area contributed by atoms with Crippen LogP contribution in [0.25, 0.3) is 0 Å². The summed E-state index contributed by atoms with van der Waals surface area (Å²) in [5.74, 6) is -1.24. The normalized spacial score (nSPS) is 18.5. The van der Waals surface area contributed by atoms with Crippen molar-refractivity contribution in [1.29, 1.82) is 0 Å². The molecule has 0 aromatic rings. The first-order valence-electron chi connectivity index (χ1n) is 5.04. The van der Waals surface area contributed by atoms with E-state index in [0.717, 1.165) is 25.7 Å². The van der Waals surface area contributed by atoms with E-state index in [0.29, 0.717) is 0 Å². The Kier molecular flexibility index (Phi) is 4.36. The minimum atomic E-state index is -1.24. The van der Waals surface area contributed by atoms with E-state index in [4.69, 9.17) is 10.2 Å². The van der Waals surface area contributed by atoms with Crippen LogP contribution in [0, 0.1) is 0 Å². The first kappa shape index (κ1) is 11.8. The summed E-state index contributed by atoms with van der Waals surface area (Å²) in [6, 6.07) is -1.62. The number of nitrogens with one attached hydrogen (secondary N) is 2. The van der Waals surface area contributed by atoms with Crippen molar-refractivity contribution in [2.24, 2.45) is 0 Å². The highest BCUT2D eigenvalue weighted by molar-refractivity contribution is 5.82. The molecule has 1 aliphatic carbocycles. The van der Waals surface area contributed by atoms with Crippen LogP contribution in [0.4, 0.5) is 4.79 Å². The number of carbonyl (C=O) groups excluding carboxylic acids is 1. The van der Waals surface area contributed by atoms with Crippen LogP contribution in [0.15, 0.2) is 0 Å². The lowest BCUT2D eigenvalue weighted by molar-refractivity contribution is -0.140. The maximum absolute atomic E-state index is 11.3. The van der Waals surface area contributed by atoms with Gasteiger partial charge in [0.2, 0.25) is 0 Å². The summed E-state index contributed by atoms with van der Waals surface area (Å²) in [5, 5.41) is 22.1. The minimum absolute atomic E-state index is 0.137. The topological polar surface area (TPSA) is 98.7 Å². The number of hydrogen-bond acceptors (Lipinski definition) is 3. The summed E-state index contributed by atoms with van der Waals surface area (Å²) in [5.41, 5.74) is 0. The Bertz CT molecular complexity index is 238. The molecule has 1 saturated carbocycles. The fourth-order valence-corrected chi connectivity index (χ4v) is 1.64. The predicted octanol–water partition coefficient (Wildman–Crippen LogP) is -0.326. The summed E-state index contributed by atoms with van der Waals surface area (Å²) < 4.78 is 0. The van der Waals surface area contributed by atoms with Crippen LogP contribution < -0.4 is 10.6 Å². The zero-order valence-electron chi connectivity index (χ0n) is 8.40. The van der Waals surface area contributed by atoms with Gasteiger partial charge in [0.05, 0.1) is 6.61 Å². The average molecular weight is 216 g/mol. The second-order valence-electron chi connectivity index (χ2n) is 3.67. The van der Waals surface area contributed by atoms with Crippen LogP contribution in [0.5, 0.6) is 0 Å². The van der Waals surface area contributed by atoms with E-state index in [1.807, 2.05) is 0 Å². The molecule has 0 heterocycles. The zero-order valence-corrected chi connectivity index (χ0v) is 8.40. The summed E-state index contributed by atoms with van der Waals surface area (Å²) >= 11 is 0. The van der Waals surface area contributed by atoms with Gasteiger partial charge in [-0.15, -0.1) is 0 Å². The van der Waals surface area contributed by atoms with Crippen molar-refractivity contribution in [3.05, 3.63) is 0 Å². The highest BCUT2D eigenvalue weighted by atomic mass is 16.4. The average Bonchev–Trinajstić information content (AvgIpc) is 2.66. The minimum Gasteiger partial charge on any atom is -0.480 e. The lowest BCUT2D eigenvalue weighted by atomic mass is 10.2. The molecule has 6 heteroatoms.